The zero-order valence-corrected chi connectivity index (χ0v) is 14.0. The molecule has 0 saturated heterocycles. The summed E-state index contributed by atoms with van der Waals surface area (Å²) < 4.78 is 53.8. The Bertz CT molecular complexity index is 630. The minimum absolute atomic E-state index is 0.207. The fourth-order valence-electron chi connectivity index (χ4n) is 3.04. The molecular weight excluding hydrogens is 308 g/mol. The first kappa shape index (κ1) is 17.3. The summed E-state index contributed by atoms with van der Waals surface area (Å²) in [6.45, 7) is 6.55. The van der Waals surface area contributed by atoms with E-state index in [0.29, 0.717) is 5.92 Å². The van der Waals surface area contributed by atoms with E-state index in [2.05, 4.69) is 25.5 Å². The summed E-state index contributed by atoms with van der Waals surface area (Å²) in [5.74, 6) is -1.14. The summed E-state index contributed by atoms with van der Waals surface area (Å²) >= 11 is 0. The molecule has 1 aromatic rings. The summed E-state index contributed by atoms with van der Waals surface area (Å²) in [6, 6.07) is 2.24. The van der Waals surface area contributed by atoms with Crippen molar-refractivity contribution >= 4 is 10.0 Å². The highest BCUT2D eigenvalue weighted by Crippen LogP contribution is 2.38. The van der Waals surface area contributed by atoms with Crippen LogP contribution in [0.4, 0.5) is 8.78 Å². The lowest BCUT2D eigenvalue weighted by molar-refractivity contribution is 0.166. The van der Waals surface area contributed by atoms with E-state index in [0.717, 1.165) is 43.9 Å². The molecule has 3 nitrogen and oxygen atoms in total. The summed E-state index contributed by atoms with van der Waals surface area (Å²) in [6.07, 6.45) is 3.31. The predicted octanol–water partition coefficient (Wildman–Crippen LogP) is 3.85. The van der Waals surface area contributed by atoms with E-state index < -0.39 is 26.6 Å². The molecule has 0 amide bonds. The number of hydrogen-bond donors (Lipinski definition) is 1. The first-order valence-electron chi connectivity index (χ1n) is 7.57. The van der Waals surface area contributed by atoms with Crippen LogP contribution in [-0.4, -0.2) is 14.5 Å². The van der Waals surface area contributed by atoms with Crippen LogP contribution >= 0.6 is 0 Å². The molecular formula is C16H23F2NO2S. The number of nitrogens with one attached hydrogen (secondary N) is 1. The predicted molar refractivity (Wildman–Crippen MR) is 81.9 cm³/mol. The molecule has 2 rings (SSSR count). The van der Waals surface area contributed by atoms with Gasteiger partial charge >= 0.3 is 0 Å². The van der Waals surface area contributed by atoms with Gasteiger partial charge in [0.05, 0.1) is 0 Å². The van der Waals surface area contributed by atoms with Crippen molar-refractivity contribution in [2.24, 2.45) is 11.3 Å². The van der Waals surface area contributed by atoms with Gasteiger partial charge in [-0.25, -0.2) is 21.9 Å². The average Bonchev–Trinajstić information content (AvgIpc) is 2.40. The molecule has 1 aromatic carbocycles. The van der Waals surface area contributed by atoms with Gasteiger partial charge in [0.2, 0.25) is 10.0 Å². The van der Waals surface area contributed by atoms with E-state index >= 15 is 0 Å². The highest BCUT2D eigenvalue weighted by molar-refractivity contribution is 7.89. The molecule has 1 saturated carbocycles. The van der Waals surface area contributed by atoms with Crippen molar-refractivity contribution in [2.75, 3.05) is 0 Å². The molecule has 0 radical (unpaired) electrons. The summed E-state index contributed by atoms with van der Waals surface area (Å²) in [5, 5.41) is 0. The van der Waals surface area contributed by atoms with Gasteiger partial charge in [-0.15, -0.1) is 0 Å². The van der Waals surface area contributed by atoms with Crippen molar-refractivity contribution < 1.29 is 17.2 Å². The molecule has 0 bridgehead atoms. The molecule has 0 unspecified atom stereocenters. The summed E-state index contributed by atoms with van der Waals surface area (Å²) in [7, 11) is -4.03. The number of rotatable bonds is 3. The summed E-state index contributed by atoms with van der Waals surface area (Å²) in [5.41, 5.74) is 0.207. The molecule has 6 heteroatoms. The van der Waals surface area contributed by atoms with E-state index in [4.69, 9.17) is 0 Å². The molecule has 22 heavy (non-hydrogen) atoms. The molecule has 0 aliphatic heterocycles. The Labute approximate surface area is 131 Å². The van der Waals surface area contributed by atoms with Crippen molar-refractivity contribution in [3.05, 3.63) is 29.8 Å². The van der Waals surface area contributed by atoms with Crippen LogP contribution < -0.4 is 4.72 Å². The number of sulfonamides is 1. The Balaban J connectivity index is 2.06. The van der Waals surface area contributed by atoms with Crippen molar-refractivity contribution in [2.45, 2.75) is 57.4 Å². The van der Waals surface area contributed by atoms with Crippen LogP contribution in [0, 0.1) is 23.0 Å². The average molecular weight is 331 g/mol. The lowest BCUT2D eigenvalue weighted by Gasteiger charge is -2.37. The summed E-state index contributed by atoms with van der Waals surface area (Å²) in [4.78, 5) is -0.620. The van der Waals surface area contributed by atoms with Crippen molar-refractivity contribution in [3.8, 4) is 0 Å². The van der Waals surface area contributed by atoms with Crippen molar-refractivity contribution in [3.63, 3.8) is 0 Å². The zero-order valence-electron chi connectivity index (χ0n) is 13.2. The van der Waals surface area contributed by atoms with E-state index in [1.165, 1.54) is 0 Å². The van der Waals surface area contributed by atoms with Gasteiger partial charge in [0.25, 0.3) is 0 Å². The maximum atomic E-state index is 13.7. The Morgan fingerprint density at radius 2 is 1.68 bits per heavy atom. The van der Waals surface area contributed by atoms with Gasteiger partial charge in [0, 0.05) is 6.04 Å². The minimum atomic E-state index is -4.03. The van der Waals surface area contributed by atoms with Crippen LogP contribution in [0.1, 0.15) is 46.5 Å². The van der Waals surface area contributed by atoms with Gasteiger partial charge in [-0.2, -0.15) is 0 Å². The maximum absolute atomic E-state index is 13.7. The second kappa shape index (κ2) is 6.24. The van der Waals surface area contributed by atoms with Crippen LogP contribution in [-0.2, 0) is 10.0 Å². The van der Waals surface area contributed by atoms with Crippen molar-refractivity contribution in [1.29, 1.82) is 0 Å². The fraction of sp³-hybridized carbons (Fsp3) is 0.625. The number of hydrogen-bond acceptors (Lipinski definition) is 2. The lowest BCUT2D eigenvalue weighted by atomic mass is 9.71. The normalized spacial score (nSPS) is 23.5. The first-order chi connectivity index (χ1) is 10.1. The molecule has 1 N–H and O–H groups in total. The fourth-order valence-corrected chi connectivity index (χ4v) is 4.44. The van der Waals surface area contributed by atoms with Crippen LogP contribution in [0.2, 0.25) is 0 Å². The van der Waals surface area contributed by atoms with Gasteiger partial charge in [-0.3, -0.25) is 0 Å². The second-order valence-corrected chi connectivity index (χ2v) is 8.79. The van der Waals surface area contributed by atoms with Crippen LogP contribution in [0.3, 0.4) is 0 Å². The van der Waals surface area contributed by atoms with Gasteiger partial charge in [0.1, 0.15) is 16.5 Å². The van der Waals surface area contributed by atoms with Crippen LogP contribution in [0.25, 0.3) is 0 Å². The van der Waals surface area contributed by atoms with E-state index in [1.54, 1.807) is 0 Å². The standard InChI is InChI=1S/C16H23F2NO2S/c1-16(2,3)11-4-7-13(8-5-11)19-22(20,21)15-10-12(17)6-9-14(15)18/h6,9-11,13,19H,4-5,7-8H2,1-3H3. The number of halogens is 2. The Morgan fingerprint density at radius 3 is 2.23 bits per heavy atom. The SMILES string of the molecule is CC(C)(C)C1CCC(NS(=O)(=O)c2cc(F)ccc2F)CC1. The molecule has 1 fully saturated rings. The third-order valence-electron chi connectivity index (χ3n) is 4.46. The molecule has 0 spiro atoms. The smallest absolute Gasteiger partial charge is 0.208 e. The third-order valence-corrected chi connectivity index (χ3v) is 5.99. The molecule has 0 atom stereocenters. The zero-order chi connectivity index (χ0) is 16.5. The Morgan fingerprint density at radius 1 is 1.09 bits per heavy atom. The molecule has 124 valence electrons. The van der Waals surface area contributed by atoms with E-state index in [1.807, 2.05) is 0 Å². The highest BCUT2D eigenvalue weighted by atomic mass is 32.2. The monoisotopic (exact) mass is 331 g/mol. The molecule has 0 aromatic heterocycles. The molecule has 1 aliphatic rings. The third kappa shape index (κ3) is 4.04. The van der Waals surface area contributed by atoms with Gasteiger partial charge < -0.3 is 0 Å². The van der Waals surface area contributed by atoms with Gasteiger partial charge in [-0.1, -0.05) is 20.8 Å². The van der Waals surface area contributed by atoms with E-state index in [9.17, 15) is 17.2 Å². The maximum Gasteiger partial charge on any atom is 0.243 e. The van der Waals surface area contributed by atoms with Crippen molar-refractivity contribution in [1.82, 2.24) is 4.72 Å². The molecule has 1 aliphatic carbocycles. The largest absolute Gasteiger partial charge is 0.243 e. The highest BCUT2D eigenvalue weighted by Gasteiger charge is 2.32. The Kier molecular flexibility index (Phi) is 4.92. The van der Waals surface area contributed by atoms with Crippen LogP contribution in [0.15, 0.2) is 23.1 Å². The van der Waals surface area contributed by atoms with Crippen LogP contribution in [0.5, 0.6) is 0 Å². The lowest BCUT2D eigenvalue weighted by Crippen LogP contribution is -2.39. The van der Waals surface area contributed by atoms with E-state index in [-0.39, 0.29) is 11.5 Å². The quantitative estimate of drug-likeness (QED) is 0.914. The van der Waals surface area contributed by atoms with Gasteiger partial charge in [0.15, 0.2) is 0 Å². The topological polar surface area (TPSA) is 46.2 Å². The number of benzene rings is 1. The Hall–Kier alpha value is -1.01. The van der Waals surface area contributed by atoms with Gasteiger partial charge in [-0.05, 0) is 55.2 Å². The minimum Gasteiger partial charge on any atom is -0.208 e. The molecule has 0 heterocycles. The second-order valence-electron chi connectivity index (χ2n) is 7.11. The first-order valence-corrected chi connectivity index (χ1v) is 9.05.